The van der Waals surface area contributed by atoms with Crippen molar-refractivity contribution < 1.29 is 19.4 Å². The van der Waals surface area contributed by atoms with Crippen molar-refractivity contribution in [2.45, 2.75) is 33.3 Å². The number of hydrogen-bond donors (Lipinski definition) is 3. The van der Waals surface area contributed by atoms with Gasteiger partial charge in [0.25, 0.3) is 5.91 Å². The van der Waals surface area contributed by atoms with Gasteiger partial charge in [-0.05, 0) is 27.7 Å². The molecule has 0 spiro atoms. The molecule has 0 saturated heterocycles. The number of aliphatic hydroxyl groups excluding tert-OH is 1. The largest absolute Gasteiger partial charge is 0.444 e. The number of carbonyl (C=O) groups is 2. The summed E-state index contributed by atoms with van der Waals surface area (Å²) in [7, 11) is 1.66. The highest BCUT2D eigenvalue weighted by molar-refractivity contribution is 6.00. The molecule has 2 amide bonds. The van der Waals surface area contributed by atoms with Gasteiger partial charge in [-0.25, -0.2) is 9.78 Å². The zero-order valence-corrected chi connectivity index (χ0v) is 13.0. The SMILES string of the molecule is Cc1nc(NC(=O)OC(C)(C)C)c(C(=O)NCCO)n1C. The number of nitrogens with one attached hydrogen (secondary N) is 2. The van der Waals surface area contributed by atoms with E-state index in [9.17, 15) is 9.59 Å². The van der Waals surface area contributed by atoms with Gasteiger partial charge < -0.3 is 19.7 Å². The zero-order valence-electron chi connectivity index (χ0n) is 13.0. The van der Waals surface area contributed by atoms with Gasteiger partial charge in [0, 0.05) is 13.6 Å². The van der Waals surface area contributed by atoms with Crippen molar-refractivity contribution in [2.75, 3.05) is 18.5 Å². The third-order valence-electron chi connectivity index (χ3n) is 2.55. The van der Waals surface area contributed by atoms with E-state index >= 15 is 0 Å². The fourth-order valence-electron chi connectivity index (χ4n) is 1.61. The first-order chi connectivity index (χ1) is 9.65. The number of aromatic nitrogens is 2. The predicted octanol–water partition coefficient (Wildman–Crippen LogP) is 0.798. The predicted molar refractivity (Wildman–Crippen MR) is 77.2 cm³/mol. The van der Waals surface area contributed by atoms with E-state index in [1.54, 1.807) is 39.3 Å². The monoisotopic (exact) mass is 298 g/mol. The van der Waals surface area contributed by atoms with Gasteiger partial charge in [0.2, 0.25) is 0 Å². The normalized spacial score (nSPS) is 11.1. The van der Waals surface area contributed by atoms with Crippen molar-refractivity contribution in [3.63, 3.8) is 0 Å². The second-order valence-corrected chi connectivity index (χ2v) is 5.52. The fraction of sp³-hybridized carbons (Fsp3) is 0.615. The quantitative estimate of drug-likeness (QED) is 0.762. The molecule has 8 heteroatoms. The Balaban J connectivity index is 2.95. The Morgan fingerprint density at radius 1 is 1.38 bits per heavy atom. The summed E-state index contributed by atoms with van der Waals surface area (Å²) in [6.07, 6.45) is -0.684. The van der Waals surface area contributed by atoms with Gasteiger partial charge in [0.05, 0.1) is 6.61 Å². The molecule has 0 bridgehead atoms. The third kappa shape index (κ3) is 4.75. The van der Waals surface area contributed by atoms with E-state index in [1.165, 1.54) is 0 Å². The van der Waals surface area contributed by atoms with E-state index < -0.39 is 17.6 Å². The number of ether oxygens (including phenoxy) is 1. The number of anilines is 1. The second kappa shape index (κ2) is 6.57. The van der Waals surface area contributed by atoms with Crippen LogP contribution in [-0.4, -0.2) is 45.4 Å². The van der Waals surface area contributed by atoms with E-state index in [4.69, 9.17) is 9.84 Å². The van der Waals surface area contributed by atoms with Crippen LogP contribution in [0.3, 0.4) is 0 Å². The zero-order chi connectivity index (χ0) is 16.2. The van der Waals surface area contributed by atoms with Gasteiger partial charge in [0.15, 0.2) is 11.5 Å². The van der Waals surface area contributed by atoms with Crippen LogP contribution >= 0.6 is 0 Å². The second-order valence-electron chi connectivity index (χ2n) is 5.52. The van der Waals surface area contributed by atoms with Crippen LogP contribution in [0.1, 0.15) is 37.1 Å². The van der Waals surface area contributed by atoms with Crippen molar-refractivity contribution in [1.82, 2.24) is 14.9 Å². The first-order valence-electron chi connectivity index (χ1n) is 6.58. The third-order valence-corrected chi connectivity index (χ3v) is 2.55. The molecule has 1 rings (SSSR count). The van der Waals surface area contributed by atoms with E-state index in [0.717, 1.165) is 0 Å². The molecule has 3 N–H and O–H groups in total. The van der Waals surface area contributed by atoms with Crippen LogP contribution in [0.4, 0.5) is 10.6 Å². The Labute approximate surface area is 123 Å². The lowest BCUT2D eigenvalue weighted by atomic mass is 10.2. The van der Waals surface area contributed by atoms with Crippen molar-refractivity contribution in [1.29, 1.82) is 0 Å². The van der Waals surface area contributed by atoms with Crippen LogP contribution in [0, 0.1) is 6.92 Å². The molecule has 0 fully saturated rings. The first-order valence-corrected chi connectivity index (χ1v) is 6.58. The van der Waals surface area contributed by atoms with Crippen molar-refractivity contribution >= 4 is 17.8 Å². The van der Waals surface area contributed by atoms with Crippen LogP contribution in [-0.2, 0) is 11.8 Å². The molecule has 0 unspecified atom stereocenters. The lowest BCUT2D eigenvalue weighted by Gasteiger charge is -2.19. The van der Waals surface area contributed by atoms with E-state index in [1.807, 2.05) is 0 Å². The Morgan fingerprint density at radius 2 is 2.00 bits per heavy atom. The number of nitrogens with zero attached hydrogens (tertiary/aromatic N) is 2. The maximum Gasteiger partial charge on any atom is 0.413 e. The van der Waals surface area contributed by atoms with Crippen molar-refractivity contribution in [3.05, 3.63) is 11.5 Å². The highest BCUT2D eigenvalue weighted by atomic mass is 16.6. The molecule has 0 atom stereocenters. The van der Waals surface area contributed by atoms with E-state index in [2.05, 4.69) is 15.6 Å². The van der Waals surface area contributed by atoms with Crippen LogP contribution in [0.5, 0.6) is 0 Å². The van der Waals surface area contributed by atoms with Crippen LogP contribution in [0.2, 0.25) is 0 Å². The lowest BCUT2D eigenvalue weighted by Crippen LogP contribution is -2.31. The summed E-state index contributed by atoms with van der Waals surface area (Å²) in [5.74, 6) is 0.258. The molecule has 1 aromatic rings. The molecular formula is C13H22N4O4. The molecule has 0 aliphatic heterocycles. The lowest BCUT2D eigenvalue weighted by molar-refractivity contribution is 0.0635. The number of aliphatic hydroxyl groups is 1. The maximum atomic E-state index is 12.1. The van der Waals surface area contributed by atoms with Crippen LogP contribution in [0.25, 0.3) is 0 Å². The summed E-state index contributed by atoms with van der Waals surface area (Å²) in [5, 5.41) is 13.7. The molecule has 1 heterocycles. The minimum Gasteiger partial charge on any atom is -0.444 e. The van der Waals surface area contributed by atoms with E-state index in [0.29, 0.717) is 5.82 Å². The summed E-state index contributed by atoms with van der Waals surface area (Å²) in [6, 6.07) is 0. The highest BCUT2D eigenvalue weighted by Crippen LogP contribution is 2.17. The molecule has 21 heavy (non-hydrogen) atoms. The van der Waals surface area contributed by atoms with E-state index in [-0.39, 0.29) is 24.7 Å². The maximum absolute atomic E-state index is 12.1. The average Bonchev–Trinajstić information content (AvgIpc) is 2.59. The average molecular weight is 298 g/mol. The topological polar surface area (TPSA) is 105 Å². The Hall–Kier alpha value is -2.09. The molecule has 0 radical (unpaired) electrons. The Bertz CT molecular complexity index is 531. The molecular weight excluding hydrogens is 276 g/mol. The molecule has 8 nitrogen and oxygen atoms in total. The first kappa shape index (κ1) is 17.0. The minimum atomic E-state index is -0.684. The summed E-state index contributed by atoms with van der Waals surface area (Å²) < 4.78 is 6.69. The van der Waals surface area contributed by atoms with Crippen LogP contribution < -0.4 is 10.6 Å². The number of carbonyl (C=O) groups excluding carboxylic acids is 2. The standard InChI is InChI=1S/C13H22N4O4/c1-8-15-10(16-12(20)21-13(2,3)4)9(17(8)5)11(19)14-6-7-18/h18H,6-7H2,1-5H3,(H,14,19)(H,16,20). The van der Waals surface area contributed by atoms with Crippen molar-refractivity contribution in [3.8, 4) is 0 Å². The van der Waals surface area contributed by atoms with Gasteiger partial charge in [-0.15, -0.1) is 0 Å². The number of aryl methyl sites for hydroxylation is 1. The number of rotatable bonds is 4. The smallest absolute Gasteiger partial charge is 0.413 e. The number of amides is 2. The van der Waals surface area contributed by atoms with Gasteiger partial charge in [-0.3, -0.25) is 10.1 Å². The van der Waals surface area contributed by atoms with Gasteiger partial charge in [0.1, 0.15) is 11.4 Å². The summed E-state index contributed by atoms with van der Waals surface area (Å²) in [6.45, 7) is 6.89. The van der Waals surface area contributed by atoms with Gasteiger partial charge in [-0.2, -0.15) is 0 Å². The van der Waals surface area contributed by atoms with Gasteiger partial charge >= 0.3 is 6.09 Å². The van der Waals surface area contributed by atoms with Crippen molar-refractivity contribution in [2.24, 2.45) is 7.05 Å². The molecule has 118 valence electrons. The molecule has 1 aromatic heterocycles. The summed E-state index contributed by atoms with van der Waals surface area (Å²) in [5.41, 5.74) is -0.445. The Kier molecular flexibility index (Phi) is 5.31. The Morgan fingerprint density at radius 3 is 2.52 bits per heavy atom. The number of imidazole rings is 1. The highest BCUT2D eigenvalue weighted by Gasteiger charge is 2.23. The molecule has 0 aliphatic carbocycles. The fourth-order valence-corrected chi connectivity index (χ4v) is 1.61. The van der Waals surface area contributed by atoms with Crippen LogP contribution in [0.15, 0.2) is 0 Å². The number of hydrogen-bond acceptors (Lipinski definition) is 5. The molecule has 0 aromatic carbocycles. The molecule has 0 saturated carbocycles. The van der Waals surface area contributed by atoms with Gasteiger partial charge in [-0.1, -0.05) is 0 Å². The minimum absolute atomic E-state index is 0.120. The summed E-state index contributed by atoms with van der Waals surface area (Å²) in [4.78, 5) is 28.0. The molecule has 0 aliphatic rings. The summed E-state index contributed by atoms with van der Waals surface area (Å²) >= 11 is 0.